The van der Waals surface area contributed by atoms with Gasteiger partial charge in [-0.3, -0.25) is 0 Å². The van der Waals surface area contributed by atoms with Crippen molar-refractivity contribution >= 4 is 11.9 Å². The van der Waals surface area contributed by atoms with Gasteiger partial charge in [-0.1, -0.05) is 78.9 Å². The highest BCUT2D eigenvalue weighted by Gasteiger charge is 2.43. The molecule has 4 N–H and O–H groups in total. The number of anilines is 1. The van der Waals surface area contributed by atoms with Crippen molar-refractivity contribution in [2.24, 2.45) is 5.73 Å². The predicted octanol–water partition coefficient (Wildman–Crippen LogP) is 6.56. The zero-order valence-corrected chi connectivity index (χ0v) is 24.1. The molecule has 0 aliphatic rings. The van der Waals surface area contributed by atoms with Crippen molar-refractivity contribution in [3.63, 3.8) is 0 Å². The van der Waals surface area contributed by atoms with E-state index >= 15 is 0 Å². The van der Waals surface area contributed by atoms with Crippen molar-refractivity contribution in [2.45, 2.75) is 24.7 Å². The Morgan fingerprint density at radius 3 is 2.13 bits per heavy atom. The second-order valence-corrected chi connectivity index (χ2v) is 10.1. The van der Waals surface area contributed by atoms with Gasteiger partial charge in [-0.2, -0.15) is 18.2 Å². The zero-order valence-electron chi connectivity index (χ0n) is 24.1. The Balaban J connectivity index is 1.30. The van der Waals surface area contributed by atoms with E-state index in [9.17, 15) is 18.0 Å². The molecule has 0 unspecified atom stereocenters. The highest BCUT2D eigenvalue weighted by atomic mass is 19.4. The van der Waals surface area contributed by atoms with E-state index in [4.69, 9.17) is 25.7 Å². The molecule has 11 heteroatoms. The lowest BCUT2D eigenvalue weighted by Crippen LogP contribution is -2.36. The summed E-state index contributed by atoms with van der Waals surface area (Å²) in [7, 11) is 1.54. The zero-order chi connectivity index (χ0) is 32.0. The van der Waals surface area contributed by atoms with Crippen LogP contribution >= 0.6 is 0 Å². The number of rotatable bonds is 10. The maximum Gasteiger partial charge on any atom is 0.429 e. The number of alkyl halides is 3. The Hall–Kier alpha value is -5.42. The summed E-state index contributed by atoms with van der Waals surface area (Å²) in [6.45, 7) is 0. The highest BCUT2D eigenvalue weighted by molar-refractivity contribution is 5.78. The van der Waals surface area contributed by atoms with Gasteiger partial charge in [0.05, 0.1) is 12.8 Å². The monoisotopic (exact) mass is 614 g/mol. The van der Waals surface area contributed by atoms with Gasteiger partial charge in [-0.25, -0.2) is 9.78 Å². The van der Waals surface area contributed by atoms with E-state index < -0.39 is 24.3 Å². The van der Waals surface area contributed by atoms with Crippen molar-refractivity contribution in [3.05, 3.63) is 120 Å². The van der Waals surface area contributed by atoms with Gasteiger partial charge in [-0.05, 0) is 47.4 Å². The second-order valence-electron chi connectivity index (χ2n) is 10.1. The van der Waals surface area contributed by atoms with E-state index in [1.54, 1.807) is 84.9 Å². The molecule has 0 fully saturated rings. The number of hydrogen-bond acceptors (Lipinski definition) is 8. The molecule has 5 rings (SSSR count). The second kappa shape index (κ2) is 13.5. The van der Waals surface area contributed by atoms with Crippen molar-refractivity contribution in [1.82, 2.24) is 9.97 Å². The van der Waals surface area contributed by atoms with Crippen LogP contribution in [0.5, 0.6) is 17.4 Å². The third-order valence-electron chi connectivity index (χ3n) is 6.84. The molecule has 0 aliphatic heterocycles. The van der Waals surface area contributed by atoms with Crippen LogP contribution in [0.2, 0.25) is 0 Å². The van der Waals surface area contributed by atoms with Crippen molar-refractivity contribution in [1.29, 1.82) is 0 Å². The fourth-order valence-electron chi connectivity index (χ4n) is 4.58. The fourth-order valence-corrected chi connectivity index (χ4v) is 4.58. The quantitative estimate of drug-likeness (QED) is 0.134. The van der Waals surface area contributed by atoms with E-state index in [0.29, 0.717) is 22.6 Å². The fraction of sp³-hybridized carbons (Fsp3) is 0.147. The summed E-state index contributed by atoms with van der Waals surface area (Å²) in [6.07, 6.45) is -6.85. The largest absolute Gasteiger partial charge is 0.497 e. The van der Waals surface area contributed by atoms with Crippen LogP contribution < -0.4 is 25.7 Å². The maximum atomic E-state index is 14.2. The van der Waals surface area contributed by atoms with E-state index in [-0.39, 0.29) is 29.5 Å². The summed E-state index contributed by atoms with van der Waals surface area (Å²) in [6, 6.07) is 28.9. The Morgan fingerprint density at radius 2 is 1.47 bits per heavy atom. The first kappa shape index (κ1) is 31.0. The maximum absolute atomic E-state index is 14.2. The summed E-state index contributed by atoms with van der Waals surface area (Å²) in [5, 5.41) is 0. The SMILES string of the molecule is COc1cccc(-c2ccc([C@@H](Oc3cc(-c4ccc(C[C@H](N)C(=O)Oc5ccccc5)cc4)nc(N)n3)C(F)(F)F)cc2)c1. The van der Waals surface area contributed by atoms with Crippen molar-refractivity contribution in [3.8, 4) is 39.8 Å². The normalized spacial score (nSPS) is 12.6. The lowest BCUT2D eigenvalue weighted by Gasteiger charge is -2.22. The molecule has 0 aliphatic carbocycles. The van der Waals surface area contributed by atoms with Crippen molar-refractivity contribution in [2.75, 3.05) is 12.8 Å². The molecule has 4 aromatic carbocycles. The van der Waals surface area contributed by atoms with Gasteiger partial charge in [0.2, 0.25) is 17.9 Å². The minimum absolute atomic E-state index is 0.112. The molecule has 45 heavy (non-hydrogen) atoms. The predicted molar refractivity (Wildman–Crippen MR) is 163 cm³/mol. The Bertz CT molecular complexity index is 1750. The summed E-state index contributed by atoms with van der Waals surface area (Å²) in [5.41, 5.74) is 14.8. The molecule has 0 bridgehead atoms. The standard InChI is InChI=1S/C34H29F3N4O4/c1-43-27-9-5-6-25(19-27)22-14-16-24(17-15-22)31(34(35,36)37)45-30-20-29(40-33(39)41-30)23-12-10-21(11-13-23)18-28(38)32(42)44-26-7-3-2-4-8-26/h2-17,19-20,28,31H,18,38H2,1H3,(H2,39,40,41)/t28-,31+/m0/s1. The molecular weight excluding hydrogens is 585 g/mol. The summed E-state index contributed by atoms with van der Waals surface area (Å²) >= 11 is 0. The van der Waals surface area contributed by atoms with Gasteiger partial charge >= 0.3 is 12.1 Å². The Labute approximate surface area is 257 Å². The van der Waals surface area contributed by atoms with Crippen LogP contribution in [0.3, 0.4) is 0 Å². The van der Waals surface area contributed by atoms with E-state index in [0.717, 1.165) is 11.1 Å². The van der Waals surface area contributed by atoms with Crippen LogP contribution in [0.4, 0.5) is 19.1 Å². The number of nitrogen functional groups attached to an aromatic ring is 1. The van der Waals surface area contributed by atoms with Crippen LogP contribution in [0, 0.1) is 0 Å². The van der Waals surface area contributed by atoms with Crippen LogP contribution in [-0.4, -0.2) is 35.3 Å². The van der Waals surface area contributed by atoms with E-state index in [1.807, 2.05) is 6.07 Å². The first-order chi connectivity index (χ1) is 21.6. The molecule has 1 heterocycles. The number of benzene rings is 4. The summed E-state index contributed by atoms with van der Waals surface area (Å²) < 4.78 is 58.5. The molecular formula is C34H29F3N4O4. The third-order valence-corrected chi connectivity index (χ3v) is 6.84. The number of carbonyl (C=O) groups is 1. The minimum Gasteiger partial charge on any atom is -0.497 e. The molecule has 0 amide bonds. The first-order valence-corrected chi connectivity index (χ1v) is 13.8. The number of carbonyl (C=O) groups excluding carboxylic acids is 1. The van der Waals surface area contributed by atoms with Crippen LogP contribution in [-0.2, 0) is 11.2 Å². The van der Waals surface area contributed by atoms with Gasteiger partial charge < -0.3 is 25.7 Å². The van der Waals surface area contributed by atoms with Gasteiger partial charge in [0.25, 0.3) is 0 Å². The highest BCUT2D eigenvalue weighted by Crippen LogP contribution is 2.38. The van der Waals surface area contributed by atoms with Gasteiger partial charge in [0.15, 0.2) is 0 Å². The molecule has 230 valence electrons. The third kappa shape index (κ3) is 7.95. The molecule has 0 radical (unpaired) electrons. The topological polar surface area (TPSA) is 123 Å². The number of para-hydroxylation sites is 1. The van der Waals surface area contributed by atoms with E-state index in [2.05, 4.69) is 9.97 Å². The average Bonchev–Trinajstić information content (AvgIpc) is 3.04. The molecule has 8 nitrogen and oxygen atoms in total. The van der Waals surface area contributed by atoms with Gasteiger partial charge in [0, 0.05) is 17.2 Å². The number of nitrogens with two attached hydrogens (primary N) is 2. The lowest BCUT2D eigenvalue weighted by molar-refractivity contribution is -0.198. The Kier molecular flexibility index (Phi) is 9.29. The number of nitrogens with zero attached hydrogens (tertiary/aromatic N) is 2. The first-order valence-electron chi connectivity index (χ1n) is 13.8. The van der Waals surface area contributed by atoms with Crippen LogP contribution in [0.25, 0.3) is 22.4 Å². The number of halogens is 3. The molecule has 0 spiro atoms. The van der Waals surface area contributed by atoms with Crippen LogP contribution in [0.1, 0.15) is 17.2 Å². The van der Waals surface area contributed by atoms with E-state index in [1.165, 1.54) is 25.3 Å². The summed E-state index contributed by atoms with van der Waals surface area (Å²) in [5.74, 6) is -0.152. The number of hydrogen-bond donors (Lipinski definition) is 2. The molecule has 0 saturated heterocycles. The molecule has 1 aromatic heterocycles. The molecule has 5 aromatic rings. The molecule has 2 atom stereocenters. The lowest BCUT2D eigenvalue weighted by atomic mass is 10.0. The smallest absolute Gasteiger partial charge is 0.429 e. The number of esters is 1. The Morgan fingerprint density at radius 1 is 0.800 bits per heavy atom. The van der Waals surface area contributed by atoms with Crippen LogP contribution in [0.15, 0.2) is 109 Å². The van der Waals surface area contributed by atoms with Gasteiger partial charge in [0.1, 0.15) is 17.5 Å². The number of ether oxygens (including phenoxy) is 3. The minimum atomic E-state index is -4.75. The summed E-state index contributed by atoms with van der Waals surface area (Å²) in [4.78, 5) is 20.4. The number of methoxy groups -OCH3 is 1. The average molecular weight is 615 g/mol. The number of aromatic nitrogens is 2. The van der Waals surface area contributed by atoms with Gasteiger partial charge in [-0.15, -0.1) is 0 Å². The molecule has 0 saturated carbocycles. The van der Waals surface area contributed by atoms with Crippen molar-refractivity contribution < 1.29 is 32.2 Å².